The minimum absolute atomic E-state index is 0.0324. The molecule has 2 aromatic carbocycles. The fourth-order valence-corrected chi connectivity index (χ4v) is 3.77. The Morgan fingerprint density at radius 1 is 1.13 bits per heavy atom. The van der Waals surface area contributed by atoms with Gasteiger partial charge in [-0.3, -0.25) is 9.36 Å². The molecule has 0 fully saturated rings. The van der Waals surface area contributed by atoms with Gasteiger partial charge < -0.3 is 10.3 Å². The number of nitrogens with one attached hydrogen (secondary N) is 2. The summed E-state index contributed by atoms with van der Waals surface area (Å²) in [4.78, 5) is 29.7. The zero-order valence-electron chi connectivity index (χ0n) is 16.9. The highest BCUT2D eigenvalue weighted by atomic mass is 19.1. The van der Waals surface area contributed by atoms with Crippen molar-refractivity contribution < 1.29 is 4.39 Å². The van der Waals surface area contributed by atoms with Crippen molar-refractivity contribution in [1.29, 1.82) is 0 Å². The lowest BCUT2D eigenvalue weighted by Crippen LogP contribution is -2.28. The topological polar surface area (TPSA) is 88.5 Å². The quantitative estimate of drug-likeness (QED) is 0.458. The molecule has 2 N–H and O–H groups in total. The molecule has 0 amide bonds. The summed E-state index contributed by atoms with van der Waals surface area (Å²) in [5, 5.41) is 4.12. The Morgan fingerprint density at radius 3 is 2.81 bits per heavy atom. The van der Waals surface area contributed by atoms with Gasteiger partial charge in [0.1, 0.15) is 34.8 Å². The number of aromatic amines is 1. The van der Waals surface area contributed by atoms with E-state index in [1.165, 1.54) is 17.0 Å². The van der Waals surface area contributed by atoms with Gasteiger partial charge in [-0.15, -0.1) is 0 Å². The molecule has 0 aliphatic rings. The van der Waals surface area contributed by atoms with Gasteiger partial charge in [0.25, 0.3) is 5.56 Å². The molecule has 5 aromatic rings. The molecule has 0 saturated heterocycles. The van der Waals surface area contributed by atoms with Crippen LogP contribution in [-0.2, 0) is 0 Å². The lowest BCUT2D eigenvalue weighted by atomic mass is 10.1. The average Bonchev–Trinajstić information content (AvgIpc) is 3.23. The first kappa shape index (κ1) is 18.9. The molecule has 31 heavy (non-hydrogen) atoms. The van der Waals surface area contributed by atoms with Crippen LogP contribution in [0.25, 0.3) is 27.6 Å². The Bertz CT molecular complexity index is 1490. The van der Waals surface area contributed by atoms with Crippen LogP contribution in [0.15, 0.2) is 65.8 Å². The first-order chi connectivity index (χ1) is 15.0. The van der Waals surface area contributed by atoms with Crippen molar-refractivity contribution in [3.05, 3.63) is 88.6 Å². The number of anilines is 1. The molecule has 0 saturated carbocycles. The van der Waals surface area contributed by atoms with Gasteiger partial charge in [0.05, 0.1) is 22.6 Å². The van der Waals surface area contributed by atoms with Crippen LogP contribution in [0.3, 0.4) is 0 Å². The number of rotatable bonds is 4. The summed E-state index contributed by atoms with van der Waals surface area (Å²) in [6, 6.07) is 13.4. The number of aromatic nitrogens is 5. The number of hydrogen-bond donors (Lipinski definition) is 2. The van der Waals surface area contributed by atoms with Crippen molar-refractivity contribution >= 4 is 27.8 Å². The predicted octanol–water partition coefficient (Wildman–Crippen LogP) is 4.28. The second-order valence-corrected chi connectivity index (χ2v) is 7.41. The van der Waals surface area contributed by atoms with E-state index in [0.29, 0.717) is 28.5 Å². The predicted molar refractivity (Wildman–Crippen MR) is 118 cm³/mol. The summed E-state index contributed by atoms with van der Waals surface area (Å²) < 4.78 is 16.0. The van der Waals surface area contributed by atoms with Crippen molar-refractivity contribution in [3.8, 4) is 5.69 Å². The molecule has 3 aromatic heterocycles. The van der Waals surface area contributed by atoms with Gasteiger partial charge >= 0.3 is 0 Å². The Morgan fingerprint density at radius 2 is 1.97 bits per heavy atom. The number of hydrogen-bond acceptors (Lipinski definition) is 5. The van der Waals surface area contributed by atoms with Gasteiger partial charge in [0.15, 0.2) is 0 Å². The van der Waals surface area contributed by atoms with E-state index >= 15 is 0 Å². The first-order valence-corrected chi connectivity index (χ1v) is 9.86. The summed E-state index contributed by atoms with van der Waals surface area (Å²) >= 11 is 0. The van der Waals surface area contributed by atoms with Gasteiger partial charge in [0.2, 0.25) is 0 Å². The van der Waals surface area contributed by atoms with E-state index in [4.69, 9.17) is 0 Å². The maximum Gasteiger partial charge on any atom is 0.269 e. The van der Waals surface area contributed by atoms with Crippen LogP contribution in [0, 0.1) is 12.7 Å². The number of aryl methyl sites for hydroxylation is 1. The molecule has 0 radical (unpaired) electrons. The van der Waals surface area contributed by atoms with Crippen LogP contribution in [0.5, 0.6) is 0 Å². The lowest BCUT2D eigenvalue weighted by molar-refractivity contribution is 0.635. The Hall–Kier alpha value is -4.07. The van der Waals surface area contributed by atoms with Gasteiger partial charge in [-0.2, -0.15) is 0 Å². The smallest absolute Gasteiger partial charge is 0.269 e. The second kappa shape index (κ2) is 7.32. The number of benzene rings is 2. The standard InChI is InChI=1S/C23H19FN6O/c1-13-5-3-6-15(11-13)30-22(29-18-8-4-7-17(24)19(18)23(30)31)14(2)28-21-16-9-10-25-20(16)26-12-27-21/h3-12,14H,1-2H3,(H2,25,26,27,28)/t14-/m0/s1. The van der Waals surface area contributed by atoms with Gasteiger partial charge in [-0.25, -0.2) is 19.3 Å². The molecule has 0 bridgehead atoms. The third-order valence-electron chi connectivity index (χ3n) is 5.23. The average molecular weight is 414 g/mol. The zero-order chi connectivity index (χ0) is 21.5. The minimum atomic E-state index is -0.589. The van der Waals surface area contributed by atoms with Crippen molar-refractivity contribution in [3.63, 3.8) is 0 Å². The molecule has 0 spiro atoms. The Kier molecular flexibility index (Phi) is 4.47. The maximum absolute atomic E-state index is 14.6. The van der Waals surface area contributed by atoms with Gasteiger partial charge in [0, 0.05) is 6.20 Å². The summed E-state index contributed by atoms with van der Waals surface area (Å²) in [5.74, 6) is 0.479. The van der Waals surface area contributed by atoms with Crippen LogP contribution in [0.1, 0.15) is 24.4 Å². The van der Waals surface area contributed by atoms with E-state index < -0.39 is 17.4 Å². The SMILES string of the molecule is Cc1cccc(-n2c([C@H](C)Nc3ncnc4[nH]ccc34)nc3cccc(F)c3c2=O)c1. The summed E-state index contributed by atoms with van der Waals surface area (Å²) in [5.41, 5.74) is 2.17. The number of nitrogens with zero attached hydrogens (tertiary/aromatic N) is 4. The van der Waals surface area contributed by atoms with E-state index in [2.05, 4.69) is 25.3 Å². The van der Waals surface area contributed by atoms with E-state index in [9.17, 15) is 9.18 Å². The molecule has 5 rings (SSSR count). The monoisotopic (exact) mass is 414 g/mol. The van der Waals surface area contributed by atoms with Crippen molar-refractivity contribution in [1.82, 2.24) is 24.5 Å². The second-order valence-electron chi connectivity index (χ2n) is 7.41. The highest BCUT2D eigenvalue weighted by molar-refractivity contribution is 5.86. The van der Waals surface area contributed by atoms with E-state index in [1.807, 2.05) is 44.2 Å². The van der Waals surface area contributed by atoms with Crippen LogP contribution < -0.4 is 10.9 Å². The Labute approximate surface area is 176 Å². The van der Waals surface area contributed by atoms with Crippen LogP contribution in [0.4, 0.5) is 10.2 Å². The maximum atomic E-state index is 14.6. The molecule has 7 nitrogen and oxygen atoms in total. The van der Waals surface area contributed by atoms with E-state index in [1.54, 1.807) is 18.3 Å². The molecule has 8 heteroatoms. The molecule has 0 unspecified atom stereocenters. The molecule has 154 valence electrons. The molecule has 0 aliphatic heterocycles. The molecular formula is C23H19FN6O. The van der Waals surface area contributed by atoms with Crippen LogP contribution >= 0.6 is 0 Å². The van der Waals surface area contributed by atoms with Crippen molar-refractivity contribution in [2.75, 3.05) is 5.32 Å². The number of fused-ring (bicyclic) bond motifs is 2. The van der Waals surface area contributed by atoms with Crippen molar-refractivity contribution in [2.24, 2.45) is 0 Å². The normalized spacial score (nSPS) is 12.4. The fraction of sp³-hybridized carbons (Fsp3) is 0.130. The van der Waals surface area contributed by atoms with Crippen LogP contribution in [0.2, 0.25) is 0 Å². The number of halogens is 1. The number of H-pyrrole nitrogens is 1. The van der Waals surface area contributed by atoms with Crippen molar-refractivity contribution in [2.45, 2.75) is 19.9 Å². The summed E-state index contributed by atoms with van der Waals surface area (Å²) in [6.07, 6.45) is 3.25. The largest absolute Gasteiger partial charge is 0.360 e. The first-order valence-electron chi connectivity index (χ1n) is 9.86. The van der Waals surface area contributed by atoms with E-state index in [0.717, 1.165) is 10.9 Å². The zero-order valence-corrected chi connectivity index (χ0v) is 16.9. The van der Waals surface area contributed by atoms with Gasteiger partial charge in [-0.1, -0.05) is 18.2 Å². The highest BCUT2D eigenvalue weighted by Crippen LogP contribution is 2.25. The summed E-state index contributed by atoms with van der Waals surface area (Å²) in [6.45, 7) is 3.83. The molecule has 3 heterocycles. The Balaban J connectivity index is 1.72. The lowest BCUT2D eigenvalue weighted by Gasteiger charge is -2.20. The molecule has 0 aliphatic carbocycles. The van der Waals surface area contributed by atoms with Crippen LogP contribution in [-0.4, -0.2) is 24.5 Å². The van der Waals surface area contributed by atoms with E-state index in [-0.39, 0.29) is 5.39 Å². The third-order valence-corrected chi connectivity index (χ3v) is 5.23. The molecule has 1 atom stereocenters. The summed E-state index contributed by atoms with van der Waals surface area (Å²) in [7, 11) is 0. The molecular weight excluding hydrogens is 395 g/mol. The fourth-order valence-electron chi connectivity index (χ4n) is 3.77. The van der Waals surface area contributed by atoms with Gasteiger partial charge in [-0.05, 0) is 49.7 Å². The highest BCUT2D eigenvalue weighted by Gasteiger charge is 2.21. The third kappa shape index (κ3) is 3.22. The minimum Gasteiger partial charge on any atom is -0.360 e.